The molecule has 110 valence electrons. The van der Waals surface area contributed by atoms with E-state index in [0.717, 1.165) is 0 Å². The summed E-state index contributed by atoms with van der Waals surface area (Å²) in [7, 11) is 2.89. The molecule has 20 heavy (non-hydrogen) atoms. The van der Waals surface area contributed by atoms with Crippen molar-refractivity contribution < 1.29 is 27.2 Å². The van der Waals surface area contributed by atoms with Crippen molar-refractivity contribution in [2.45, 2.75) is 6.18 Å². The van der Waals surface area contributed by atoms with E-state index < -0.39 is 41.5 Å². The maximum atomic E-state index is 13.4. The van der Waals surface area contributed by atoms with Crippen LogP contribution in [0.3, 0.4) is 0 Å². The van der Waals surface area contributed by atoms with E-state index in [1.54, 1.807) is 0 Å². The normalized spacial score (nSPS) is 11.1. The number of nitrogens with zero attached hydrogens (tertiary/aromatic N) is 1. The highest BCUT2D eigenvalue weighted by atomic mass is 19.4. The van der Waals surface area contributed by atoms with Gasteiger partial charge in [-0.15, -0.1) is 0 Å². The summed E-state index contributed by atoms with van der Waals surface area (Å²) < 4.78 is 50.8. The fourth-order valence-electron chi connectivity index (χ4n) is 1.28. The summed E-state index contributed by atoms with van der Waals surface area (Å²) >= 11 is 0. The van der Waals surface area contributed by atoms with Gasteiger partial charge in [0.25, 0.3) is 5.91 Å². The molecule has 1 aromatic carbocycles. The van der Waals surface area contributed by atoms with Crippen LogP contribution >= 0.6 is 0 Å². The molecule has 0 aliphatic heterocycles. The molecule has 0 saturated heterocycles. The molecule has 4 nitrogen and oxygen atoms in total. The molecule has 0 heterocycles. The van der Waals surface area contributed by atoms with Crippen molar-refractivity contribution in [3.63, 3.8) is 0 Å². The Morgan fingerprint density at radius 1 is 1.25 bits per heavy atom. The average Bonchev–Trinajstić information content (AvgIpc) is 2.34. The second-order valence-electron chi connectivity index (χ2n) is 4.16. The van der Waals surface area contributed by atoms with Gasteiger partial charge in [-0.1, -0.05) is 0 Å². The SMILES string of the molecule is CN(C)C(=O)CNC(=O)c1cc(C(F)(F)F)ccc1F. The van der Waals surface area contributed by atoms with Gasteiger partial charge in [-0.3, -0.25) is 9.59 Å². The Bertz CT molecular complexity index is 527. The molecule has 0 aromatic heterocycles. The molecule has 1 aromatic rings. The standard InChI is InChI=1S/C12H12F4N2O2/c1-18(2)10(19)6-17-11(20)8-5-7(12(14,15)16)3-4-9(8)13/h3-5H,6H2,1-2H3,(H,17,20). The van der Waals surface area contributed by atoms with Crippen LogP contribution in [-0.4, -0.2) is 37.4 Å². The Labute approximate surface area is 112 Å². The number of likely N-dealkylation sites (N-methyl/N-ethyl adjacent to an activating group) is 1. The Hall–Kier alpha value is -2.12. The van der Waals surface area contributed by atoms with E-state index in [2.05, 4.69) is 5.32 Å². The van der Waals surface area contributed by atoms with Gasteiger partial charge in [0.2, 0.25) is 5.91 Å². The molecule has 2 amide bonds. The molecular weight excluding hydrogens is 280 g/mol. The number of benzene rings is 1. The van der Waals surface area contributed by atoms with Crippen LogP contribution in [0, 0.1) is 5.82 Å². The Balaban J connectivity index is 2.90. The second-order valence-corrected chi connectivity index (χ2v) is 4.16. The lowest BCUT2D eigenvalue weighted by Gasteiger charge is -2.12. The summed E-state index contributed by atoms with van der Waals surface area (Å²) in [4.78, 5) is 24.0. The fraction of sp³-hybridized carbons (Fsp3) is 0.333. The largest absolute Gasteiger partial charge is 0.416 e. The van der Waals surface area contributed by atoms with Crippen molar-refractivity contribution in [3.8, 4) is 0 Å². The number of carbonyl (C=O) groups is 2. The lowest BCUT2D eigenvalue weighted by molar-refractivity contribution is -0.137. The van der Waals surface area contributed by atoms with Gasteiger partial charge < -0.3 is 10.2 Å². The van der Waals surface area contributed by atoms with Crippen LogP contribution in [0.1, 0.15) is 15.9 Å². The van der Waals surface area contributed by atoms with Gasteiger partial charge in [-0.25, -0.2) is 4.39 Å². The van der Waals surface area contributed by atoms with E-state index in [9.17, 15) is 27.2 Å². The van der Waals surface area contributed by atoms with Gasteiger partial charge in [-0.05, 0) is 18.2 Å². The zero-order valence-corrected chi connectivity index (χ0v) is 10.7. The number of rotatable bonds is 3. The van der Waals surface area contributed by atoms with E-state index >= 15 is 0 Å². The third-order valence-electron chi connectivity index (χ3n) is 2.44. The molecule has 1 rings (SSSR count). The monoisotopic (exact) mass is 292 g/mol. The summed E-state index contributed by atoms with van der Waals surface area (Å²) in [6, 6.07) is 1.51. The topological polar surface area (TPSA) is 49.4 Å². The molecule has 0 fully saturated rings. The van der Waals surface area contributed by atoms with Crippen LogP contribution < -0.4 is 5.32 Å². The minimum Gasteiger partial charge on any atom is -0.347 e. The van der Waals surface area contributed by atoms with Gasteiger partial charge in [0, 0.05) is 14.1 Å². The van der Waals surface area contributed by atoms with E-state index in [-0.39, 0.29) is 0 Å². The lowest BCUT2D eigenvalue weighted by Crippen LogP contribution is -2.36. The minimum atomic E-state index is -4.68. The minimum absolute atomic E-state index is 0.408. The highest BCUT2D eigenvalue weighted by Crippen LogP contribution is 2.30. The molecule has 0 atom stereocenters. The van der Waals surface area contributed by atoms with Crippen LogP contribution in [-0.2, 0) is 11.0 Å². The first-order chi connectivity index (χ1) is 9.12. The molecule has 0 unspecified atom stereocenters. The van der Waals surface area contributed by atoms with Crippen LogP contribution in [0.25, 0.3) is 0 Å². The van der Waals surface area contributed by atoms with Gasteiger partial charge in [0.15, 0.2) is 0 Å². The molecule has 0 aliphatic rings. The van der Waals surface area contributed by atoms with Crippen LogP contribution in [0.15, 0.2) is 18.2 Å². The third-order valence-corrected chi connectivity index (χ3v) is 2.44. The van der Waals surface area contributed by atoms with Crippen molar-refractivity contribution >= 4 is 11.8 Å². The summed E-state index contributed by atoms with van der Waals surface area (Å²) in [6.45, 7) is -0.429. The highest BCUT2D eigenvalue weighted by Gasteiger charge is 2.31. The Kier molecular flexibility index (Phi) is 4.69. The van der Waals surface area contributed by atoms with Crippen molar-refractivity contribution in [2.75, 3.05) is 20.6 Å². The highest BCUT2D eigenvalue weighted by molar-refractivity contribution is 5.96. The van der Waals surface area contributed by atoms with E-state index in [0.29, 0.717) is 18.2 Å². The van der Waals surface area contributed by atoms with Gasteiger partial charge >= 0.3 is 6.18 Å². The van der Waals surface area contributed by atoms with Crippen LogP contribution in [0.4, 0.5) is 17.6 Å². The fourth-order valence-corrected chi connectivity index (χ4v) is 1.28. The van der Waals surface area contributed by atoms with Crippen molar-refractivity contribution in [1.29, 1.82) is 0 Å². The second kappa shape index (κ2) is 5.89. The molecule has 0 saturated carbocycles. The first-order valence-electron chi connectivity index (χ1n) is 5.48. The predicted octanol–water partition coefficient (Wildman–Crippen LogP) is 1.66. The molecule has 0 radical (unpaired) electrons. The quantitative estimate of drug-likeness (QED) is 0.861. The maximum Gasteiger partial charge on any atom is 0.416 e. The van der Waals surface area contributed by atoms with Crippen molar-refractivity contribution in [3.05, 3.63) is 35.1 Å². The predicted molar refractivity (Wildman–Crippen MR) is 62.4 cm³/mol. The average molecular weight is 292 g/mol. The summed E-state index contributed by atoms with van der Waals surface area (Å²) in [5.74, 6) is -2.64. The summed E-state index contributed by atoms with van der Waals surface area (Å²) in [5.41, 5.74) is -1.89. The zero-order valence-electron chi connectivity index (χ0n) is 10.7. The number of alkyl halides is 3. The number of hydrogen-bond donors (Lipinski definition) is 1. The first-order valence-corrected chi connectivity index (χ1v) is 5.48. The van der Waals surface area contributed by atoms with Crippen molar-refractivity contribution in [2.24, 2.45) is 0 Å². The molecule has 0 spiro atoms. The molecular formula is C12H12F4N2O2. The number of carbonyl (C=O) groups excluding carboxylic acids is 2. The molecule has 1 N–H and O–H groups in total. The number of amides is 2. The molecule has 0 bridgehead atoms. The number of nitrogens with one attached hydrogen (secondary N) is 1. The van der Waals surface area contributed by atoms with Gasteiger partial charge in [0.05, 0.1) is 17.7 Å². The van der Waals surface area contributed by atoms with Gasteiger partial charge in [0.1, 0.15) is 5.82 Å². The summed E-state index contributed by atoms with van der Waals surface area (Å²) in [6.07, 6.45) is -4.68. The van der Waals surface area contributed by atoms with Crippen LogP contribution in [0.2, 0.25) is 0 Å². The maximum absolute atomic E-state index is 13.4. The Morgan fingerprint density at radius 3 is 2.35 bits per heavy atom. The van der Waals surface area contributed by atoms with Crippen molar-refractivity contribution in [1.82, 2.24) is 10.2 Å². The van der Waals surface area contributed by atoms with E-state index in [1.807, 2.05) is 0 Å². The van der Waals surface area contributed by atoms with E-state index in [1.165, 1.54) is 19.0 Å². The van der Waals surface area contributed by atoms with E-state index in [4.69, 9.17) is 0 Å². The lowest BCUT2D eigenvalue weighted by atomic mass is 10.1. The Morgan fingerprint density at radius 2 is 1.85 bits per heavy atom. The molecule has 8 heteroatoms. The molecule has 0 aliphatic carbocycles. The zero-order chi connectivity index (χ0) is 15.5. The number of halogens is 4. The van der Waals surface area contributed by atoms with Gasteiger partial charge in [-0.2, -0.15) is 13.2 Å². The number of hydrogen-bond acceptors (Lipinski definition) is 2. The third kappa shape index (κ3) is 3.94. The first kappa shape index (κ1) is 15.9. The summed E-state index contributed by atoms with van der Waals surface area (Å²) in [5, 5.41) is 2.06. The smallest absolute Gasteiger partial charge is 0.347 e. The van der Waals surface area contributed by atoms with Crippen LogP contribution in [0.5, 0.6) is 0 Å².